The SMILES string of the molecule is CC(C)CCSC(SCCC(C)C)=C(C#N)C(=O)NCc1ccccc1. The lowest BCUT2D eigenvalue weighted by Crippen LogP contribution is -2.24. The number of nitrogens with zero attached hydrogens (tertiary/aromatic N) is 1. The van der Waals surface area contributed by atoms with Crippen molar-refractivity contribution in [2.24, 2.45) is 11.8 Å². The summed E-state index contributed by atoms with van der Waals surface area (Å²) in [6, 6.07) is 11.9. The molecule has 0 bridgehead atoms. The van der Waals surface area contributed by atoms with Crippen LogP contribution < -0.4 is 5.32 Å². The molecule has 1 aromatic rings. The number of thioether (sulfide) groups is 2. The highest BCUT2D eigenvalue weighted by Crippen LogP contribution is 2.34. The fourth-order valence-corrected chi connectivity index (χ4v) is 4.96. The van der Waals surface area contributed by atoms with Crippen molar-refractivity contribution in [3.63, 3.8) is 0 Å². The zero-order valence-corrected chi connectivity index (χ0v) is 17.9. The van der Waals surface area contributed by atoms with Crippen LogP contribution in [0.25, 0.3) is 0 Å². The third-order valence-electron chi connectivity index (χ3n) is 3.70. The fourth-order valence-electron chi connectivity index (χ4n) is 2.02. The molecule has 0 aromatic heterocycles. The molecular weight excluding hydrogens is 360 g/mol. The molecule has 0 radical (unpaired) electrons. The second-order valence-corrected chi connectivity index (χ2v) is 9.47. The van der Waals surface area contributed by atoms with Crippen LogP contribution in [0.3, 0.4) is 0 Å². The van der Waals surface area contributed by atoms with Gasteiger partial charge in [-0.2, -0.15) is 5.26 Å². The topological polar surface area (TPSA) is 52.9 Å². The molecule has 0 fully saturated rings. The van der Waals surface area contributed by atoms with Crippen molar-refractivity contribution < 1.29 is 4.79 Å². The summed E-state index contributed by atoms with van der Waals surface area (Å²) in [5, 5.41) is 12.5. The van der Waals surface area contributed by atoms with Gasteiger partial charge in [-0.05, 0) is 41.7 Å². The summed E-state index contributed by atoms with van der Waals surface area (Å²) in [5.41, 5.74) is 1.28. The molecule has 5 heteroatoms. The maximum atomic E-state index is 12.6. The van der Waals surface area contributed by atoms with Gasteiger partial charge in [0.1, 0.15) is 11.6 Å². The summed E-state index contributed by atoms with van der Waals surface area (Å²) < 4.78 is 0.861. The molecule has 0 aliphatic rings. The Balaban J connectivity index is 2.79. The minimum absolute atomic E-state index is 0.253. The second kappa shape index (κ2) is 12.9. The van der Waals surface area contributed by atoms with Gasteiger partial charge < -0.3 is 5.32 Å². The highest BCUT2D eigenvalue weighted by atomic mass is 32.2. The number of carbonyl (C=O) groups is 1. The van der Waals surface area contributed by atoms with E-state index in [0.717, 1.165) is 34.1 Å². The molecular formula is C21H30N2OS2. The Labute approximate surface area is 167 Å². The Kier molecular flexibility index (Phi) is 11.2. The number of hydrogen-bond acceptors (Lipinski definition) is 4. The lowest BCUT2D eigenvalue weighted by Gasteiger charge is -2.12. The largest absolute Gasteiger partial charge is 0.347 e. The Morgan fingerprint density at radius 1 is 1.04 bits per heavy atom. The highest BCUT2D eigenvalue weighted by molar-refractivity contribution is 8.22. The summed E-state index contributed by atoms with van der Waals surface area (Å²) in [7, 11) is 0. The Bertz CT molecular complexity index is 603. The Morgan fingerprint density at radius 2 is 1.58 bits per heavy atom. The van der Waals surface area contributed by atoms with Crippen molar-refractivity contribution in [1.82, 2.24) is 5.32 Å². The molecule has 1 amide bonds. The van der Waals surface area contributed by atoms with Gasteiger partial charge in [0.05, 0.1) is 4.24 Å². The Hall–Kier alpha value is -1.38. The molecule has 0 aliphatic heterocycles. The number of benzene rings is 1. The van der Waals surface area contributed by atoms with E-state index in [1.54, 1.807) is 23.5 Å². The smallest absolute Gasteiger partial charge is 0.263 e. The van der Waals surface area contributed by atoms with Gasteiger partial charge in [0.25, 0.3) is 5.91 Å². The molecule has 0 aliphatic carbocycles. The fraction of sp³-hybridized carbons (Fsp3) is 0.524. The van der Waals surface area contributed by atoms with Crippen molar-refractivity contribution in [2.75, 3.05) is 11.5 Å². The van der Waals surface area contributed by atoms with Gasteiger partial charge in [0, 0.05) is 6.54 Å². The maximum Gasteiger partial charge on any atom is 0.263 e. The molecule has 0 spiro atoms. The molecule has 0 saturated carbocycles. The van der Waals surface area contributed by atoms with Crippen LogP contribution in [0.2, 0.25) is 0 Å². The zero-order chi connectivity index (χ0) is 19.4. The third-order valence-corrected chi connectivity index (χ3v) is 6.21. The van der Waals surface area contributed by atoms with Crippen LogP contribution in [0.15, 0.2) is 40.1 Å². The first-order valence-electron chi connectivity index (χ1n) is 9.16. The molecule has 3 nitrogen and oxygen atoms in total. The van der Waals surface area contributed by atoms with E-state index < -0.39 is 0 Å². The van der Waals surface area contributed by atoms with Gasteiger partial charge in [-0.3, -0.25) is 4.79 Å². The standard InChI is InChI=1S/C21H30N2OS2/c1-16(2)10-12-25-21(26-13-11-17(3)4)19(14-22)20(24)23-15-18-8-6-5-7-9-18/h5-9,16-17H,10-13,15H2,1-4H3,(H,23,24). The van der Waals surface area contributed by atoms with Gasteiger partial charge >= 0.3 is 0 Å². The third kappa shape index (κ3) is 9.35. The van der Waals surface area contributed by atoms with Crippen LogP contribution in [-0.2, 0) is 11.3 Å². The molecule has 26 heavy (non-hydrogen) atoms. The van der Waals surface area contributed by atoms with E-state index in [9.17, 15) is 10.1 Å². The average Bonchev–Trinajstić information content (AvgIpc) is 2.60. The van der Waals surface area contributed by atoms with Crippen molar-refractivity contribution >= 4 is 29.4 Å². The van der Waals surface area contributed by atoms with E-state index >= 15 is 0 Å². The predicted molar refractivity (Wildman–Crippen MR) is 115 cm³/mol. The van der Waals surface area contributed by atoms with Crippen LogP contribution in [0, 0.1) is 23.2 Å². The van der Waals surface area contributed by atoms with Gasteiger partial charge in [0.2, 0.25) is 0 Å². The molecule has 0 heterocycles. The summed E-state index contributed by atoms with van der Waals surface area (Å²) in [4.78, 5) is 12.6. The molecule has 0 saturated heterocycles. The van der Waals surface area contributed by atoms with E-state index in [-0.39, 0.29) is 11.5 Å². The maximum absolute atomic E-state index is 12.6. The monoisotopic (exact) mass is 390 g/mol. The first-order valence-corrected chi connectivity index (χ1v) is 11.1. The zero-order valence-electron chi connectivity index (χ0n) is 16.2. The Morgan fingerprint density at radius 3 is 2.04 bits per heavy atom. The van der Waals surface area contributed by atoms with Gasteiger partial charge in [-0.1, -0.05) is 58.0 Å². The van der Waals surface area contributed by atoms with Crippen molar-refractivity contribution in [1.29, 1.82) is 5.26 Å². The summed E-state index contributed by atoms with van der Waals surface area (Å²) >= 11 is 3.29. The second-order valence-electron chi connectivity index (χ2n) is 7.00. The van der Waals surface area contributed by atoms with Crippen molar-refractivity contribution in [2.45, 2.75) is 47.1 Å². The van der Waals surface area contributed by atoms with Gasteiger partial charge in [-0.25, -0.2) is 0 Å². The van der Waals surface area contributed by atoms with Gasteiger partial charge in [-0.15, -0.1) is 23.5 Å². The van der Waals surface area contributed by atoms with E-state index in [4.69, 9.17) is 0 Å². The van der Waals surface area contributed by atoms with E-state index in [1.165, 1.54) is 0 Å². The lowest BCUT2D eigenvalue weighted by atomic mass is 10.2. The quantitative estimate of drug-likeness (QED) is 0.395. The minimum Gasteiger partial charge on any atom is -0.347 e. The summed E-state index contributed by atoms with van der Waals surface area (Å²) in [5.74, 6) is 2.81. The van der Waals surface area contributed by atoms with E-state index in [1.807, 2.05) is 30.3 Å². The van der Waals surface area contributed by atoms with Crippen LogP contribution in [0.5, 0.6) is 0 Å². The normalized spacial score (nSPS) is 10.7. The number of hydrogen-bond donors (Lipinski definition) is 1. The first kappa shape index (κ1) is 22.7. The minimum atomic E-state index is -0.277. The average molecular weight is 391 g/mol. The molecule has 1 aromatic carbocycles. The van der Waals surface area contributed by atoms with E-state index in [0.29, 0.717) is 18.4 Å². The number of rotatable bonds is 11. The molecule has 142 valence electrons. The highest BCUT2D eigenvalue weighted by Gasteiger charge is 2.17. The van der Waals surface area contributed by atoms with Crippen molar-refractivity contribution in [3.05, 3.63) is 45.7 Å². The number of amides is 1. The molecule has 1 rings (SSSR count). The lowest BCUT2D eigenvalue weighted by molar-refractivity contribution is -0.117. The van der Waals surface area contributed by atoms with Crippen LogP contribution in [0.1, 0.15) is 46.1 Å². The van der Waals surface area contributed by atoms with Crippen molar-refractivity contribution in [3.8, 4) is 6.07 Å². The van der Waals surface area contributed by atoms with Crippen LogP contribution in [0.4, 0.5) is 0 Å². The number of nitrogens with one attached hydrogen (secondary N) is 1. The van der Waals surface area contributed by atoms with Crippen LogP contribution >= 0.6 is 23.5 Å². The summed E-state index contributed by atoms with van der Waals surface area (Å²) in [6.45, 7) is 9.19. The van der Waals surface area contributed by atoms with Gasteiger partial charge in [0.15, 0.2) is 0 Å². The van der Waals surface area contributed by atoms with E-state index in [2.05, 4.69) is 39.1 Å². The number of nitriles is 1. The first-order chi connectivity index (χ1) is 12.4. The molecule has 0 unspecified atom stereocenters. The molecule has 0 atom stereocenters. The predicted octanol–water partition coefficient (Wildman–Crippen LogP) is 5.60. The summed E-state index contributed by atoms with van der Waals surface area (Å²) in [6.07, 6.45) is 2.15. The number of carbonyl (C=O) groups excluding carboxylic acids is 1. The molecule has 1 N–H and O–H groups in total. The van der Waals surface area contributed by atoms with Crippen LogP contribution in [-0.4, -0.2) is 17.4 Å².